The van der Waals surface area contributed by atoms with Gasteiger partial charge in [-0.2, -0.15) is 0 Å². The summed E-state index contributed by atoms with van der Waals surface area (Å²) in [6, 6.07) is 41.9. The lowest BCUT2D eigenvalue weighted by molar-refractivity contribution is 0.270. The standard InChI is InChI=1S/C30H34Br2N6S2.C10H14N4S2.C8H10BrN.CH4.2ClH/c31-27-9-3-5-23(15-27)11-13-37-19-33-29(34-20-37)39-17-25-7-1-2-8-26(25)18-40-30-35-21-38(22-36-30)14-12-24-6-4-10-28(32)16-24;11-9(12)15-5-7-3-1-2-4-8(7)6-16-10(13)14;9-8-3-1-2-7(6-8)4-5-10;;;/h1-10,15-16H,11-14,17-22H2,(H,33,34)(H,35,36);1-4H,5-6H2,(H3,11,12)(H3,13,14);1-3,6H,4-5,10H2;1H4;2*1H. The van der Waals surface area contributed by atoms with Gasteiger partial charge in [0.05, 0.1) is 26.7 Å². The van der Waals surface area contributed by atoms with Gasteiger partial charge in [-0.25, -0.2) is 9.98 Å². The van der Waals surface area contributed by atoms with Crippen LogP contribution >= 0.6 is 120 Å². The van der Waals surface area contributed by atoms with E-state index in [9.17, 15) is 0 Å². The van der Waals surface area contributed by atoms with Crippen LogP contribution in [0.15, 0.2) is 145 Å². The number of amidine groups is 4. The lowest BCUT2D eigenvalue weighted by Gasteiger charge is -2.27. The van der Waals surface area contributed by atoms with Gasteiger partial charge in [0.15, 0.2) is 20.7 Å². The first-order valence-electron chi connectivity index (χ1n) is 21.3. The van der Waals surface area contributed by atoms with E-state index in [1.807, 2.05) is 36.4 Å². The summed E-state index contributed by atoms with van der Waals surface area (Å²) >= 11 is 16.7. The maximum atomic E-state index is 7.17. The fraction of sp³-hybridized carbons (Fsp3) is 0.306. The van der Waals surface area contributed by atoms with Crippen molar-refractivity contribution in [3.63, 3.8) is 0 Å². The van der Waals surface area contributed by atoms with Gasteiger partial charge in [-0.1, -0.05) is 187 Å². The molecule has 0 bridgehead atoms. The summed E-state index contributed by atoms with van der Waals surface area (Å²) in [5.74, 6) is 3.18. The molecule has 2 heterocycles. The first-order valence-corrected chi connectivity index (χ1v) is 27.6. The highest BCUT2D eigenvalue weighted by Gasteiger charge is 2.16. The van der Waals surface area contributed by atoms with Gasteiger partial charge < -0.3 is 27.8 Å². The van der Waals surface area contributed by atoms with Gasteiger partial charge in [-0.05, 0) is 101 Å². The molecule has 374 valence electrons. The molecular formula is C49H64Br3Cl2N11S4. The van der Waals surface area contributed by atoms with Crippen molar-refractivity contribution in [2.24, 2.45) is 27.2 Å². The molecule has 20 heteroatoms. The molecule has 0 saturated carbocycles. The Morgan fingerprint density at radius 2 is 0.884 bits per heavy atom. The van der Waals surface area contributed by atoms with Gasteiger partial charge in [0.1, 0.15) is 0 Å². The number of nitrogens with two attached hydrogens (primary N) is 3. The van der Waals surface area contributed by atoms with Gasteiger partial charge in [-0.3, -0.25) is 20.6 Å². The quantitative estimate of drug-likeness (QED) is 0.0369. The summed E-state index contributed by atoms with van der Waals surface area (Å²) < 4.78 is 3.39. The Morgan fingerprint density at radius 3 is 1.19 bits per heavy atom. The number of benzene rings is 5. The average Bonchev–Trinajstić information content (AvgIpc) is 3.32. The van der Waals surface area contributed by atoms with E-state index >= 15 is 0 Å². The van der Waals surface area contributed by atoms with Crippen LogP contribution in [0.25, 0.3) is 0 Å². The first-order chi connectivity index (χ1) is 32.0. The van der Waals surface area contributed by atoms with Crippen molar-refractivity contribution in [3.05, 3.63) is 174 Å². The molecule has 2 aliphatic rings. The number of rotatable bonds is 16. The third kappa shape index (κ3) is 25.0. The minimum Gasteiger partial charge on any atom is -0.379 e. The maximum absolute atomic E-state index is 7.17. The minimum absolute atomic E-state index is 0. The molecule has 5 aromatic rings. The van der Waals surface area contributed by atoms with Crippen molar-refractivity contribution >= 4 is 140 Å². The minimum atomic E-state index is 0. The number of hydrogen-bond acceptors (Lipinski definition) is 13. The highest BCUT2D eigenvalue weighted by molar-refractivity contribution is 9.11. The van der Waals surface area contributed by atoms with Gasteiger partial charge >= 0.3 is 0 Å². The third-order valence-corrected chi connectivity index (χ3v) is 15.0. The summed E-state index contributed by atoms with van der Waals surface area (Å²) in [5.41, 5.74) is 25.0. The molecule has 10 N–H and O–H groups in total. The van der Waals surface area contributed by atoms with Crippen LogP contribution in [0, 0.1) is 10.8 Å². The third-order valence-electron chi connectivity index (χ3n) is 10.0. The largest absolute Gasteiger partial charge is 0.379 e. The molecule has 0 saturated heterocycles. The predicted octanol–water partition coefficient (Wildman–Crippen LogP) is 11.9. The van der Waals surface area contributed by atoms with E-state index in [4.69, 9.17) is 38.0 Å². The number of halogens is 5. The average molecular weight is 1250 g/mol. The van der Waals surface area contributed by atoms with Crippen LogP contribution < -0.4 is 27.8 Å². The Hall–Kier alpha value is -2.72. The monoisotopic (exact) mass is 1240 g/mol. The molecule has 11 nitrogen and oxygen atoms in total. The predicted molar refractivity (Wildman–Crippen MR) is 320 cm³/mol. The number of nitrogens with zero attached hydrogens (tertiary/aromatic N) is 4. The Labute approximate surface area is 464 Å². The molecule has 0 unspecified atom stereocenters. The highest BCUT2D eigenvalue weighted by Crippen LogP contribution is 2.24. The van der Waals surface area contributed by atoms with Crippen LogP contribution in [-0.4, -0.2) is 76.8 Å². The molecule has 0 spiro atoms. The fourth-order valence-electron chi connectivity index (χ4n) is 6.49. The Balaban J connectivity index is 0.000000464. The van der Waals surface area contributed by atoms with E-state index < -0.39 is 0 Å². The van der Waals surface area contributed by atoms with Crippen LogP contribution in [0.1, 0.15) is 46.4 Å². The van der Waals surface area contributed by atoms with Crippen molar-refractivity contribution in [2.45, 2.75) is 49.7 Å². The molecule has 0 atom stereocenters. The zero-order valence-electron chi connectivity index (χ0n) is 37.6. The molecular weight excluding hydrogens is 1180 g/mol. The van der Waals surface area contributed by atoms with E-state index in [0.717, 1.165) is 112 Å². The molecule has 0 fully saturated rings. The van der Waals surface area contributed by atoms with Crippen LogP contribution in [0.2, 0.25) is 0 Å². The summed E-state index contributed by atoms with van der Waals surface area (Å²) in [6.45, 7) is 5.86. The van der Waals surface area contributed by atoms with E-state index in [2.05, 4.69) is 153 Å². The zero-order chi connectivity index (χ0) is 46.9. The van der Waals surface area contributed by atoms with Gasteiger partial charge in [0.2, 0.25) is 0 Å². The molecule has 7 rings (SSSR count). The van der Waals surface area contributed by atoms with Crippen molar-refractivity contribution < 1.29 is 0 Å². The normalized spacial score (nSPS) is 13.1. The SMILES string of the molecule is Brc1cccc(CCN2CN=C(SCc3ccccc3CSC3=NCN(CCc4cccc(Br)c4)CN3)NC2)c1.C.Cl.Cl.N=C(N)SCc1ccccc1CSC(=N)N.NCCc1cccc(Br)c1. The van der Waals surface area contributed by atoms with Crippen molar-refractivity contribution in [1.82, 2.24) is 20.4 Å². The summed E-state index contributed by atoms with van der Waals surface area (Å²) in [7, 11) is 0. The molecule has 69 heavy (non-hydrogen) atoms. The number of aliphatic imine (C=N–C) groups is 2. The smallest absolute Gasteiger partial charge is 0.159 e. The second-order valence-electron chi connectivity index (χ2n) is 15.0. The lowest BCUT2D eigenvalue weighted by atomic mass is 10.1. The Bertz CT molecular complexity index is 2250. The highest BCUT2D eigenvalue weighted by atomic mass is 79.9. The molecule has 2 aliphatic heterocycles. The van der Waals surface area contributed by atoms with Gasteiger partial charge in [-0.15, -0.1) is 24.8 Å². The van der Waals surface area contributed by atoms with Crippen molar-refractivity contribution in [2.75, 3.05) is 46.3 Å². The van der Waals surface area contributed by atoms with Gasteiger partial charge in [0.25, 0.3) is 0 Å². The molecule has 0 radical (unpaired) electrons. The Morgan fingerprint density at radius 1 is 0.536 bits per heavy atom. The van der Waals surface area contributed by atoms with Crippen LogP contribution in [0.3, 0.4) is 0 Å². The summed E-state index contributed by atoms with van der Waals surface area (Å²) in [5, 5.41) is 23.6. The number of hydrogen-bond donors (Lipinski definition) is 7. The van der Waals surface area contributed by atoms with Crippen molar-refractivity contribution in [1.29, 1.82) is 10.8 Å². The van der Waals surface area contributed by atoms with E-state index in [1.165, 1.54) is 51.3 Å². The second-order valence-corrected chi connectivity index (χ2v) is 21.7. The molecule has 0 amide bonds. The summed E-state index contributed by atoms with van der Waals surface area (Å²) in [4.78, 5) is 14.3. The van der Waals surface area contributed by atoms with Gasteiger partial charge in [0, 0.05) is 49.5 Å². The van der Waals surface area contributed by atoms with Crippen LogP contribution in [0.5, 0.6) is 0 Å². The van der Waals surface area contributed by atoms with E-state index in [-0.39, 0.29) is 42.6 Å². The second kappa shape index (κ2) is 35.4. The maximum Gasteiger partial charge on any atom is 0.159 e. The molecule has 0 aromatic heterocycles. The lowest BCUT2D eigenvalue weighted by Crippen LogP contribution is -2.42. The fourth-order valence-corrected chi connectivity index (χ4v) is 10.8. The Kier molecular flexibility index (Phi) is 32.0. The van der Waals surface area contributed by atoms with Crippen LogP contribution in [0.4, 0.5) is 0 Å². The summed E-state index contributed by atoms with van der Waals surface area (Å²) in [6.07, 6.45) is 3.00. The number of nitrogens with one attached hydrogen (secondary N) is 4. The first kappa shape index (κ1) is 62.4. The topological polar surface area (TPSA) is 181 Å². The molecule has 0 aliphatic carbocycles. The number of thioether (sulfide) groups is 4. The van der Waals surface area contributed by atoms with E-state index in [0.29, 0.717) is 11.5 Å². The molecule has 5 aromatic carbocycles. The van der Waals surface area contributed by atoms with E-state index in [1.54, 1.807) is 23.5 Å². The van der Waals surface area contributed by atoms with Crippen molar-refractivity contribution in [3.8, 4) is 0 Å². The van der Waals surface area contributed by atoms with Crippen LogP contribution in [-0.2, 0) is 42.3 Å². The zero-order valence-corrected chi connectivity index (χ0v) is 47.2.